The Balaban J connectivity index is 0.862. The van der Waals surface area contributed by atoms with Crippen molar-refractivity contribution in [2.24, 2.45) is 5.92 Å². The van der Waals surface area contributed by atoms with Gasteiger partial charge in [-0.2, -0.15) is 5.10 Å². The molecule has 5 aliphatic rings. The molecule has 2 aromatic heterocycles. The zero-order valence-electron chi connectivity index (χ0n) is 26.8. The van der Waals surface area contributed by atoms with Crippen LogP contribution in [-0.4, -0.2) is 85.2 Å². The van der Waals surface area contributed by atoms with Crippen LogP contribution in [-0.2, 0) is 9.59 Å². The second kappa shape index (κ2) is 11.5. The molecule has 49 heavy (non-hydrogen) atoms. The molecule has 2 unspecified atom stereocenters. The van der Waals surface area contributed by atoms with E-state index in [2.05, 4.69) is 32.5 Å². The molecule has 4 aromatic rings. The van der Waals surface area contributed by atoms with Crippen molar-refractivity contribution >= 4 is 46.0 Å². The van der Waals surface area contributed by atoms with Crippen molar-refractivity contribution in [3.8, 4) is 11.3 Å². The number of nitrogens with one attached hydrogen (secondary N) is 2. The molecule has 5 heterocycles. The largest absolute Gasteiger partial charge is 0.391 e. The minimum Gasteiger partial charge on any atom is -0.391 e. The summed E-state index contributed by atoms with van der Waals surface area (Å²) in [5.41, 5.74) is 6.98. The Bertz CT molecular complexity index is 2050. The zero-order valence-corrected chi connectivity index (χ0v) is 26.8. The van der Waals surface area contributed by atoms with Gasteiger partial charge in [0.15, 0.2) is 0 Å². The number of carbonyl (C=O) groups excluding carboxylic acids is 4. The van der Waals surface area contributed by atoms with Crippen LogP contribution in [0.5, 0.6) is 0 Å². The maximum atomic E-state index is 13.2. The van der Waals surface area contributed by atoms with Crippen molar-refractivity contribution < 1.29 is 24.3 Å². The third-order valence-electron chi connectivity index (χ3n) is 10.7. The Morgan fingerprint density at radius 2 is 1.76 bits per heavy atom. The molecule has 13 nitrogen and oxygen atoms in total. The lowest BCUT2D eigenvalue weighted by molar-refractivity contribution is -0.136. The summed E-state index contributed by atoms with van der Waals surface area (Å²) in [6.07, 6.45) is 8.85. The number of rotatable bonds is 8. The Hall–Kier alpha value is -5.17. The Labute approximate surface area is 281 Å². The summed E-state index contributed by atoms with van der Waals surface area (Å²) in [6.45, 7) is 2.17. The van der Waals surface area contributed by atoms with Gasteiger partial charge in [0, 0.05) is 55.1 Å². The number of aromatic nitrogens is 4. The van der Waals surface area contributed by atoms with Gasteiger partial charge in [0.25, 0.3) is 11.8 Å². The molecule has 3 aliphatic heterocycles. The molecule has 2 saturated carbocycles. The van der Waals surface area contributed by atoms with Gasteiger partial charge in [0.1, 0.15) is 6.04 Å². The van der Waals surface area contributed by atoms with Crippen molar-refractivity contribution in [2.75, 3.05) is 29.9 Å². The molecule has 9 rings (SSSR count). The van der Waals surface area contributed by atoms with E-state index in [1.807, 2.05) is 18.3 Å². The number of carbonyl (C=O) groups is 4. The van der Waals surface area contributed by atoms with Gasteiger partial charge in [-0.05, 0) is 80.8 Å². The second-order valence-electron chi connectivity index (χ2n) is 14.1. The molecular weight excluding hydrogens is 624 g/mol. The summed E-state index contributed by atoms with van der Waals surface area (Å²) in [7, 11) is 0. The third-order valence-corrected chi connectivity index (χ3v) is 10.7. The van der Waals surface area contributed by atoms with Crippen LogP contribution in [0.4, 0.5) is 11.4 Å². The van der Waals surface area contributed by atoms with E-state index in [9.17, 15) is 24.3 Å². The number of benzene rings is 2. The van der Waals surface area contributed by atoms with Gasteiger partial charge >= 0.3 is 0 Å². The van der Waals surface area contributed by atoms with Crippen LogP contribution in [0.1, 0.15) is 83.3 Å². The SMILES string of the molecule is O=C1CCC(N2C(=O)c3ccc(NCC4CC(n5cc(-c6cnc7ccc(N8CCC(O)C8)cc7n6)c(C6CC6)n5)C4)cc3C2=O)C(=O)N1. The normalized spacial score (nSPS) is 25.2. The molecule has 250 valence electrons. The van der Waals surface area contributed by atoms with E-state index in [-0.39, 0.29) is 36.1 Å². The quantitative estimate of drug-likeness (QED) is 0.239. The minimum atomic E-state index is -0.978. The number of amides is 4. The van der Waals surface area contributed by atoms with E-state index in [0.29, 0.717) is 24.9 Å². The number of imide groups is 2. The molecule has 0 radical (unpaired) electrons. The van der Waals surface area contributed by atoms with E-state index >= 15 is 0 Å². The van der Waals surface area contributed by atoms with Gasteiger partial charge in [0.05, 0.1) is 51.9 Å². The molecule has 2 atom stereocenters. The predicted molar refractivity (Wildman–Crippen MR) is 179 cm³/mol. The standard InChI is InChI=1S/C36H36N8O5/c45-24-9-10-42(17-24)22-4-6-28-29(14-22)39-30(16-38-28)27-18-43(41-33(27)20-1-2-20)23-11-19(12-23)15-37-21-3-5-25-26(13-21)36(49)44(35(25)48)31-7-8-32(46)40-34(31)47/h3-6,13-14,16,18-20,23-24,31,37,45H,1-2,7-12,15,17H2,(H,40,46,47). The number of aliphatic hydroxyl groups excluding tert-OH is 1. The smallest absolute Gasteiger partial charge is 0.262 e. The third kappa shape index (κ3) is 5.32. The van der Waals surface area contributed by atoms with Gasteiger partial charge in [0.2, 0.25) is 11.8 Å². The number of aliphatic hydroxyl groups is 1. The zero-order chi connectivity index (χ0) is 33.4. The summed E-state index contributed by atoms with van der Waals surface area (Å²) in [5.74, 6) is -1.16. The van der Waals surface area contributed by atoms with Gasteiger partial charge in [-0.1, -0.05) is 0 Å². The summed E-state index contributed by atoms with van der Waals surface area (Å²) < 4.78 is 2.11. The highest BCUT2D eigenvalue weighted by molar-refractivity contribution is 6.23. The van der Waals surface area contributed by atoms with E-state index in [1.54, 1.807) is 18.2 Å². The van der Waals surface area contributed by atoms with Gasteiger partial charge in [-0.15, -0.1) is 0 Å². The monoisotopic (exact) mass is 660 g/mol. The first-order chi connectivity index (χ1) is 23.8. The Morgan fingerprint density at radius 3 is 2.53 bits per heavy atom. The Kier molecular flexibility index (Phi) is 7.01. The molecule has 3 N–H and O–H groups in total. The minimum absolute atomic E-state index is 0.0883. The number of hydrogen-bond donors (Lipinski definition) is 3. The van der Waals surface area contributed by atoms with Crippen molar-refractivity contribution in [1.29, 1.82) is 0 Å². The fourth-order valence-corrected chi connectivity index (χ4v) is 7.68. The van der Waals surface area contributed by atoms with Gasteiger partial charge < -0.3 is 15.3 Å². The summed E-state index contributed by atoms with van der Waals surface area (Å²) in [4.78, 5) is 63.1. The number of fused-ring (bicyclic) bond motifs is 2. The van der Waals surface area contributed by atoms with Gasteiger partial charge in [-0.25, -0.2) is 4.98 Å². The van der Waals surface area contributed by atoms with Crippen molar-refractivity contribution in [2.45, 2.75) is 69.1 Å². The molecule has 2 aromatic carbocycles. The highest BCUT2D eigenvalue weighted by atomic mass is 16.3. The number of piperidine rings is 1. The first kappa shape index (κ1) is 29.9. The highest BCUT2D eigenvalue weighted by Crippen LogP contribution is 2.46. The molecule has 0 spiro atoms. The fourth-order valence-electron chi connectivity index (χ4n) is 7.68. The number of nitrogens with zero attached hydrogens (tertiary/aromatic N) is 6. The van der Waals surface area contributed by atoms with Crippen LogP contribution in [0.15, 0.2) is 48.8 Å². The lowest BCUT2D eigenvalue weighted by Crippen LogP contribution is -2.54. The first-order valence-corrected chi connectivity index (χ1v) is 17.2. The highest BCUT2D eigenvalue weighted by Gasteiger charge is 2.45. The van der Waals surface area contributed by atoms with Crippen molar-refractivity contribution in [3.63, 3.8) is 0 Å². The average Bonchev–Trinajstić information content (AvgIpc) is 3.60. The van der Waals surface area contributed by atoms with Crippen LogP contribution in [0.3, 0.4) is 0 Å². The molecule has 2 saturated heterocycles. The predicted octanol–water partition coefficient (Wildman–Crippen LogP) is 3.41. The van der Waals surface area contributed by atoms with Crippen LogP contribution >= 0.6 is 0 Å². The van der Waals surface area contributed by atoms with E-state index in [4.69, 9.17) is 15.1 Å². The fraction of sp³-hybridized carbons (Fsp3) is 0.417. The average molecular weight is 661 g/mol. The topological polar surface area (TPSA) is 163 Å². The molecule has 2 aliphatic carbocycles. The number of anilines is 2. The van der Waals surface area contributed by atoms with E-state index in [0.717, 1.165) is 82.9 Å². The molecule has 13 heteroatoms. The van der Waals surface area contributed by atoms with Crippen molar-refractivity contribution in [1.82, 2.24) is 30.0 Å². The van der Waals surface area contributed by atoms with Crippen LogP contribution in [0, 0.1) is 5.92 Å². The summed E-state index contributed by atoms with van der Waals surface area (Å²) in [6, 6.07) is 10.5. The van der Waals surface area contributed by atoms with Gasteiger partial charge in [-0.3, -0.25) is 39.1 Å². The summed E-state index contributed by atoms with van der Waals surface area (Å²) >= 11 is 0. The molecular formula is C36H36N8O5. The molecule has 4 amide bonds. The first-order valence-electron chi connectivity index (χ1n) is 17.2. The Morgan fingerprint density at radius 1 is 0.918 bits per heavy atom. The molecule has 0 bridgehead atoms. The summed E-state index contributed by atoms with van der Waals surface area (Å²) in [5, 5.41) is 20.7. The number of hydrogen-bond acceptors (Lipinski definition) is 10. The lowest BCUT2D eigenvalue weighted by atomic mass is 9.80. The van der Waals surface area contributed by atoms with Crippen molar-refractivity contribution in [3.05, 3.63) is 65.6 Å². The molecule has 4 fully saturated rings. The maximum absolute atomic E-state index is 13.2. The second-order valence-corrected chi connectivity index (χ2v) is 14.1. The lowest BCUT2D eigenvalue weighted by Gasteiger charge is -2.35. The number of β-amino-alcohol motifs (C(OH)–C–C–N with tert-alkyl or cyclic N) is 1. The van der Waals surface area contributed by atoms with Crippen LogP contribution in [0.2, 0.25) is 0 Å². The van der Waals surface area contributed by atoms with E-state index < -0.39 is 29.7 Å². The van der Waals surface area contributed by atoms with Crippen LogP contribution < -0.4 is 15.5 Å². The van der Waals surface area contributed by atoms with Crippen LogP contribution in [0.25, 0.3) is 22.3 Å². The maximum Gasteiger partial charge on any atom is 0.262 e. The van der Waals surface area contributed by atoms with E-state index in [1.165, 1.54) is 0 Å².